The first-order chi connectivity index (χ1) is 17.1. The van der Waals surface area contributed by atoms with Gasteiger partial charge in [0.05, 0.1) is 18.8 Å². The fourth-order valence-electron chi connectivity index (χ4n) is 4.48. The van der Waals surface area contributed by atoms with Gasteiger partial charge < -0.3 is 20.1 Å². The number of hydrogen-bond acceptors (Lipinski definition) is 6. The van der Waals surface area contributed by atoms with E-state index in [4.69, 9.17) is 9.47 Å². The van der Waals surface area contributed by atoms with Crippen molar-refractivity contribution >= 4 is 23.6 Å². The number of aryl methyl sites for hydroxylation is 1. The number of carbonyl (C=O) groups is 2. The molecule has 188 valence electrons. The maximum atomic E-state index is 12.6. The average molecular weight is 498 g/mol. The van der Waals surface area contributed by atoms with Crippen LogP contribution in [0.15, 0.2) is 48.5 Å². The van der Waals surface area contributed by atoms with Crippen molar-refractivity contribution < 1.29 is 19.1 Å². The van der Waals surface area contributed by atoms with Gasteiger partial charge in [-0.1, -0.05) is 24.3 Å². The Labute approximate surface area is 211 Å². The van der Waals surface area contributed by atoms with Crippen molar-refractivity contribution in [2.24, 2.45) is 0 Å². The first kappa shape index (κ1) is 25.5. The molecule has 2 aromatic rings. The maximum Gasteiger partial charge on any atom is 0.222 e. The summed E-state index contributed by atoms with van der Waals surface area (Å²) in [6.07, 6.45) is 4.42. The highest BCUT2D eigenvalue weighted by molar-refractivity contribution is 7.98. The fourth-order valence-corrected chi connectivity index (χ4v) is 4.90. The summed E-state index contributed by atoms with van der Waals surface area (Å²) in [5.41, 5.74) is 2.10. The van der Waals surface area contributed by atoms with E-state index in [9.17, 15) is 9.59 Å². The molecule has 2 aromatic carbocycles. The van der Waals surface area contributed by atoms with E-state index in [2.05, 4.69) is 21.8 Å². The third kappa shape index (κ3) is 7.98. The average Bonchev–Trinajstić information content (AvgIpc) is 3.23. The van der Waals surface area contributed by atoms with Crippen LogP contribution in [0.2, 0.25) is 0 Å². The summed E-state index contributed by atoms with van der Waals surface area (Å²) >= 11 is 1.85. The summed E-state index contributed by atoms with van der Waals surface area (Å²) in [6.45, 7) is 3.33. The Bertz CT molecular complexity index is 985. The summed E-state index contributed by atoms with van der Waals surface area (Å²) in [5, 5.41) is 6.02. The van der Waals surface area contributed by atoms with Gasteiger partial charge in [0.25, 0.3) is 0 Å². The Kier molecular flexibility index (Phi) is 9.45. The van der Waals surface area contributed by atoms with Gasteiger partial charge in [0.15, 0.2) is 0 Å². The van der Waals surface area contributed by atoms with E-state index in [0.717, 1.165) is 54.4 Å². The predicted octanol–water partition coefficient (Wildman–Crippen LogP) is 3.37. The number of rotatable bonds is 4. The van der Waals surface area contributed by atoms with Crippen molar-refractivity contribution in [3.63, 3.8) is 0 Å². The molecule has 5 rings (SSSR count). The van der Waals surface area contributed by atoms with Crippen LogP contribution in [0.1, 0.15) is 30.4 Å². The topological polar surface area (TPSA) is 79.9 Å². The first-order valence-corrected chi connectivity index (χ1v) is 13.7. The van der Waals surface area contributed by atoms with Gasteiger partial charge in [-0.25, -0.2) is 0 Å². The Balaban J connectivity index is 1.47. The highest BCUT2D eigenvalue weighted by Gasteiger charge is 2.34. The molecule has 0 saturated carbocycles. The third-order valence-electron chi connectivity index (χ3n) is 6.35. The van der Waals surface area contributed by atoms with E-state index in [1.165, 1.54) is 0 Å². The number of ether oxygens (including phenoxy) is 2. The third-order valence-corrected chi connectivity index (χ3v) is 7.04. The highest BCUT2D eigenvalue weighted by atomic mass is 32.2. The SMILES string of the molecule is CSCCCN1C[C@@H]2NC(=O)CCNC(=O)CCc3ccc(cc3)Oc3cccc(c3)CO[C@H]2C1. The molecular weight excluding hydrogens is 462 g/mol. The second-order valence-corrected chi connectivity index (χ2v) is 10.1. The highest BCUT2D eigenvalue weighted by Crippen LogP contribution is 2.24. The number of benzene rings is 2. The van der Waals surface area contributed by atoms with Crippen molar-refractivity contribution in [1.82, 2.24) is 15.5 Å². The molecule has 3 aliphatic rings. The van der Waals surface area contributed by atoms with E-state index in [-0.39, 0.29) is 30.4 Å². The first-order valence-electron chi connectivity index (χ1n) is 12.3. The molecule has 2 amide bonds. The molecule has 0 aliphatic carbocycles. The van der Waals surface area contributed by atoms with Gasteiger partial charge in [0.1, 0.15) is 11.5 Å². The number of nitrogens with zero attached hydrogens (tertiary/aromatic N) is 1. The molecule has 2 atom stereocenters. The Morgan fingerprint density at radius 2 is 1.83 bits per heavy atom. The van der Waals surface area contributed by atoms with Crippen LogP contribution in [0, 0.1) is 0 Å². The minimum absolute atomic E-state index is 0.0496. The number of amides is 2. The van der Waals surface area contributed by atoms with Crippen LogP contribution in [0.3, 0.4) is 0 Å². The van der Waals surface area contributed by atoms with Gasteiger partial charge in [0.2, 0.25) is 11.8 Å². The molecule has 7 nitrogen and oxygen atoms in total. The Morgan fingerprint density at radius 1 is 0.971 bits per heavy atom. The molecule has 3 heterocycles. The summed E-state index contributed by atoms with van der Waals surface area (Å²) in [4.78, 5) is 27.2. The van der Waals surface area contributed by atoms with Crippen molar-refractivity contribution in [3.05, 3.63) is 59.7 Å². The zero-order valence-corrected chi connectivity index (χ0v) is 21.1. The zero-order valence-electron chi connectivity index (χ0n) is 20.3. The quantitative estimate of drug-likeness (QED) is 0.631. The largest absolute Gasteiger partial charge is 0.457 e. The summed E-state index contributed by atoms with van der Waals surface area (Å²) in [7, 11) is 0. The van der Waals surface area contributed by atoms with Crippen molar-refractivity contribution in [3.8, 4) is 11.5 Å². The molecule has 1 fully saturated rings. The van der Waals surface area contributed by atoms with Crippen molar-refractivity contribution in [2.45, 2.75) is 44.4 Å². The predicted molar refractivity (Wildman–Crippen MR) is 139 cm³/mol. The molecule has 0 radical (unpaired) electrons. The van der Waals surface area contributed by atoms with Crippen LogP contribution in [0.5, 0.6) is 11.5 Å². The minimum atomic E-state index is -0.0921. The molecule has 3 aliphatic heterocycles. The number of thioether (sulfide) groups is 1. The van der Waals surface area contributed by atoms with Gasteiger partial charge >= 0.3 is 0 Å². The summed E-state index contributed by atoms with van der Waals surface area (Å²) in [5.74, 6) is 2.52. The van der Waals surface area contributed by atoms with Gasteiger partial charge in [-0.2, -0.15) is 11.8 Å². The maximum absolute atomic E-state index is 12.6. The van der Waals surface area contributed by atoms with Crippen LogP contribution in [0.25, 0.3) is 0 Å². The number of nitrogens with one attached hydrogen (secondary N) is 2. The van der Waals surface area contributed by atoms with Gasteiger partial charge in [0, 0.05) is 32.5 Å². The van der Waals surface area contributed by atoms with Gasteiger partial charge in [-0.15, -0.1) is 0 Å². The Morgan fingerprint density at radius 3 is 2.66 bits per heavy atom. The summed E-state index contributed by atoms with van der Waals surface area (Å²) < 4.78 is 12.4. The molecule has 0 aromatic heterocycles. The fraction of sp³-hybridized carbons (Fsp3) is 0.481. The molecule has 2 N–H and O–H groups in total. The minimum Gasteiger partial charge on any atom is -0.457 e. The Hall–Kier alpha value is -2.55. The van der Waals surface area contributed by atoms with Crippen LogP contribution in [0.4, 0.5) is 0 Å². The molecule has 0 unspecified atom stereocenters. The summed E-state index contributed by atoms with van der Waals surface area (Å²) in [6, 6.07) is 15.7. The van der Waals surface area contributed by atoms with Crippen LogP contribution in [-0.2, 0) is 27.4 Å². The normalized spacial score (nSPS) is 22.1. The molecule has 1 saturated heterocycles. The molecule has 0 spiro atoms. The lowest BCUT2D eigenvalue weighted by atomic mass is 10.1. The molecular formula is C27H35N3O4S. The molecule has 4 bridgehead atoms. The van der Waals surface area contributed by atoms with Gasteiger partial charge in [-0.3, -0.25) is 14.5 Å². The monoisotopic (exact) mass is 497 g/mol. The second kappa shape index (κ2) is 13.0. The van der Waals surface area contributed by atoms with Crippen LogP contribution >= 0.6 is 11.8 Å². The lowest BCUT2D eigenvalue weighted by molar-refractivity contribution is -0.123. The zero-order chi connectivity index (χ0) is 24.5. The van der Waals surface area contributed by atoms with Crippen LogP contribution in [-0.4, -0.2) is 67.0 Å². The van der Waals surface area contributed by atoms with Crippen LogP contribution < -0.4 is 15.4 Å². The van der Waals surface area contributed by atoms with E-state index < -0.39 is 0 Å². The van der Waals surface area contributed by atoms with Gasteiger partial charge in [-0.05, 0) is 66.8 Å². The lowest BCUT2D eigenvalue weighted by Gasteiger charge is -2.21. The molecule has 35 heavy (non-hydrogen) atoms. The second-order valence-electron chi connectivity index (χ2n) is 9.12. The number of carbonyl (C=O) groups excluding carboxylic acids is 2. The van der Waals surface area contributed by atoms with Crippen molar-refractivity contribution in [2.75, 3.05) is 38.2 Å². The van der Waals surface area contributed by atoms with Crippen molar-refractivity contribution in [1.29, 1.82) is 0 Å². The number of hydrogen-bond donors (Lipinski definition) is 2. The lowest BCUT2D eigenvalue weighted by Crippen LogP contribution is -2.44. The molecule has 8 heteroatoms. The van der Waals surface area contributed by atoms with E-state index >= 15 is 0 Å². The number of likely N-dealkylation sites (tertiary alicyclic amines) is 1. The van der Waals surface area contributed by atoms with E-state index in [0.29, 0.717) is 26.0 Å². The van der Waals surface area contributed by atoms with E-state index in [1.807, 2.05) is 60.3 Å². The smallest absolute Gasteiger partial charge is 0.222 e. The standard InChI is InChI=1S/C27H35N3O4S/c1-35-15-3-14-30-17-24-25(18-30)33-19-21-4-2-5-23(16-21)34-22-9-6-20(7-10-22)8-11-26(31)28-13-12-27(32)29-24/h2,4-7,9-10,16,24-25H,3,8,11-15,17-19H2,1H3,(H,28,31)(H,29,32)/t24-,25-/m0/s1. The number of fused-ring (bicyclic) bond motifs is 10. The van der Waals surface area contributed by atoms with E-state index in [1.54, 1.807) is 0 Å².